The van der Waals surface area contributed by atoms with Gasteiger partial charge in [-0.3, -0.25) is 0 Å². The van der Waals surface area contributed by atoms with Crippen LogP contribution >= 0.6 is 0 Å². The summed E-state index contributed by atoms with van der Waals surface area (Å²) in [5.74, 6) is 0.621. The molecule has 5 nitrogen and oxygen atoms in total. The topological polar surface area (TPSA) is 67.8 Å². The lowest BCUT2D eigenvalue weighted by atomic mass is 9.87. The number of benzene rings is 3. The summed E-state index contributed by atoms with van der Waals surface area (Å²) in [5, 5.41) is 5.93. The number of methoxy groups -OCH3 is 1. The van der Waals surface area contributed by atoms with Crippen LogP contribution in [0, 0.1) is 0 Å². The second-order valence-electron chi connectivity index (χ2n) is 7.53. The maximum absolute atomic E-state index is 12.5. The van der Waals surface area contributed by atoms with Gasteiger partial charge in [-0.1, -0.05) is 63.2 Å². The molecular formula is C22H24N2O3S. The fraction of sp³-hybridized carbons (Fsp3) is 0.227. The van der Waals surface area contributed by atoms with Gasteiger partial charge in [-0.05, 0) is 39.9 Å². The number of hydrogen-bond donors (Lipinski definition) is 1. The SMILES string of the molecule is COc1ccc2ccccc2c1C=NNS(=O)(=O)c1ccc(C(C)(C)C)cc1. The van der Waals surface area contributed by atoms with Gasteiger partial charge in [0.2, 0.25) is 0 Å². The molecule has 0 atom stereocenters. The predicted octanol–water partition coefficient (Wildman–Crippen LogP) is 4.46. The van der Waals surface area contributed by atoms with Crippen LogP contribution in [-0.2, 0) is 15.4 Å². The molecule has 28 heavy (non-hydrogen) atoms. The van der Waals surface area contributed by atoms with E-state index >= 15 is 0 Å². The molecule has 0 bridgehead atoms. The highest BCUT2D eigenvalue weighted by molar-refractivity contribution is 7.89. The Morgan fingerprint density at radius 2 is 1.64 bits per heavy atom. The minimum atomic E-state index is -3.75. The van der Waals surface area contributed by atoms with E-state index in [0.717, 1.165) is 16.3 Å². The molecule has 0 spiro atoms. The molecule has 146 valence electrons. The Kier molecular flexibility index (Phi) is 5.42. The summed E-state index contributed by atoms with van der Waals surface area (Å²) in [6, 6.07) is 18.4. The van der Waals surface area contributed by atoms with Crippen LogP contribution in [0.1, 0.15) is 31.9 Å². The Morgan fingerprint density at radius 3 is 2.29 bits per heavy atom. The van der Waals surface area contributed by atoms with E-state index in [9.17, 15) is 8.42 Å². The Labute approximate surface area is 166 Å². The predicted molar refractivity (Wildman–Crippen MR) is 114 cm³/mol. The second kappa shape index (κ2) is 7.64. The van der Waals surface area contributed by atoms with Crippen molar-refractivity contribution in [2.45, 2.75) is 31.1 Å². The quantitative estimate of drug-likeness (QED) is 0.511. The number of hydrazone groups is 1. The van der Waals surface area contributed by atoms with Gasteiger partial charge in [0.15, 0.2) is 0 Å². The van der Waals surface area contributed by atoms with Crippen molar-refractivity contribution in [3.63, 3.8) is 0 Å². The van der Waals surface area contributed by atoms with Gasteiger partial charge in [-0.15, -0.1) is 0 Å². The van der Waals surface area contributed by atoms with Crippen molar-refractivity contribution in [1.29, 1.82) is 0 Å². The molecule has 0 aliphatic heterocycles. The Balaban J connectivity index is 1.87. The maximum atomic E-state index is 12.5. The summed E-state index contributed by atoms with van der Waals surface area (Å²) >= 11 is 0. The molecule has 3 rings (SSSR count). The lowest BCUT2D eigenvalue weighted by Crippen LogP contribution is -2.19. The van der Waals surface area contributed by atoms with Gasteiger partial charge < -0.3 is 4.74 Å². The first-order chi connectivity index (χ1) is 13.2. The molecule has 0 amide bonds. The van der Waals surface area contributed by atoms with Crippen molar-refractivity contribution in [3.8, 4) is 5.75 Å². The van der Waals surface area contributed by atoms with Crippen LogP contribution in [0.25, 0.3) is 10.8 Å². The van der Waals surface area contributed by atoms with Crippen LogP contribution in [0.4, 0.5) is 0 Å². The minimum absolute atomic E-state index is 0.0429. The number of sulfonamides is 1. The minimum Gasteiger partial charge on any atom is -0.496 e. The monoisotopic (exact) mass is 396 g/mol. The van der Waals surface area contributed by atoms with Crippen molar-refractivity contribution in [1.82, 2.24) is 4.83 Å². The molecule has 0 aromatic heterocycles. The van der Waals surface area contributed by atoms with E-state index in [0.29, 0.717) is 11.3 Å². The van der Waals surface area contributed by atoms with Gasteiger partial charge in [0.25, 0.3) is 10.0 Å². The van der Waals surface area contributed by atoms with Gasteiger partial charge >= 0.3 is 0 Å². The number of fused-ring (bicyclic) bond motifs is 1. The fourth-order valence-corrected chi connectivity index (χ4v) is 3.73. The summed E-state index contributed by atoms with van der Waals surface area (Å²) < 4.78 is 30.5. The summed E-state index contributed by atoms with van der Waals surface area (Å²) in [5.41, 5.74) is 1.74. The van der Waals surface area contributed by atoms with Crippen LogP contribution < -0.4 is 9.57 Å². The molecule has 0 saturated heterocycles. The number of rotatable bonds is 5. The lowest BCUT2D eigenvalue weighted by Gasteiger charge is -2.19. The van der Waals surface area contributed by atoms with E-state index in [1.54, 1.807) is 19.2 Å². The van der Waals surface area contributed by atoms with Crippen molar-refractivity contribution >= 4 is 27.0 Å². The van der Waals surface area contributed by atoms with Crippen LogP contribution in [0.15, 0.2) is 70.7 Å². The highest BCUT2D eigenvalue weighted by atomic mass is 32.2. The zero-order valence-electron chi connectivity index (χ0n) is 16.4. The molecule has 0 aliphatic carbocycles. The number of ether oxygens (including phenoxy) is 1. The Hall–Kier alpha value is -2.86. The van der Waals surface area contributed by atoms with Crippen molar-refractivity contribution in [3.05, 3.63) is 71.8 Å². The molecule has 0 heterocycles. The molecule has 3 aromatic rings. The third-order valence-electron chi connectivity index (χ3n) is 4.55. The van der Waals surface area contributed by atoms with Gasteiger partial charge in [-0.25, -0.2) is 4.83 Å². The van der Waals surface area contributed by atoms with E-state index in [2.05, 4.69) is 30.7 Å². The molecule has 0 aliphatic rings. The van der Waals surface area contributed by atoms with Gasteiger partial charge in [-0.2, -0.15) is 13.5 Å². The van der Waals surface area contributed by atoms with Crippen molar-refractivity contribution < 1.29 is 13.2 Å². The van der Waals surface area contributed by atoms with Gasteiger partial charge in [0, 0.05) is 5.56 Å². The fourth-order valence-electron chi connectivity index (χ4n) is 2.93. The molecule has 6 heteroatoms. The van der Waals surface area contributed by atoms with Crippen molar-refractivity contribution in [2.75, 3.05) is 7.11 Å². The summed E-state index contributed by atoms with van der Waals surface area (Å²) in [7, 11) is -2.18. The molecular weight excluding hydrogens is 372 g/mol. The third-order valence-corrected chi connectivity index (χ3v) is 5.79. The smallest absolute Gasteiger partial charge is 0.276 e. The second-order valence-corrected chi connectivity index (χ2v) is 9.19. The first-order valence-electron chi connectivity index (χ1n) is 8.93. The maximum Gasteiger partial charge on any atom is 0.276 e. The Bertz CT molecular complexity index is 1110. The van der Waals surface area contributed by atoms with Gasteiger partial charge in [0.1, 0.15) is 5.75 Å². The summed E-state index contributed by atoms with van der Waals surface area (Å²) in [6.45, 7) is 6.24. The number of nitrogens with zero attached hydrogens (tertiary/aromatic N) is 1. The molecule has 0 unspecified atom stereocenters. The standard InChI is InChI=1S/C22H24N2O3S/c1-22(2,3)17-10-12-18(13-11-17)28(25,26)24-23-15-20-19-8-6-5-7-16(19)9-14-21(20)27-4/h5-15,24H,1-4H3. The normalized spacial score (nSPS) is 12.4. The average molecular weight is 397 g/mol. The summed E-state index contributed by atoms with van der Waals surface area (Å²) in [4.78, 5) is 2.45. The van der Waals surface area contributed by atoms with E-state index in [-0.39, 0.29) is 10.3 Å². The summed E-state index contributed by atoms with van der Waals surface area (Å²) in [6.07, 6.45) is 1.47. The van der Waals surface area contributed by atoms with E-state index in [4.69, 9.17) is 4.74 Å². The third kappa shape index (κ3) is 4.17. The largest absolute Gasteiger partial charge is 0.496 e. The molecule has 1 N–H and O–H groups in total. The van der Waals surface area contributed by atoms with Crippen LogP contribution in [-0.4, -0.2) is 21.7 Å². The zero-order chi connectivity index (χ0) is 20.4. The highest BCUT2D eigenvalue weighted by Crippen LogP contribution is 2.26. The van der Waals surface area contributed by atoms with E-state index in [1.807, 2.05) is 48.5 Å². The first-order valence-corrected chi connectivity index (χ1v) is 10.4. The highest BCUT2D eigenvalue weighted by Gasteiger charge is 2.17. The average Bonchev–Trinajstić information content (AvgIpc) is 2.67. The molecule has 0 saturated carbocycles. The first kappa shape index (κ1) is 19.9. The molecule has 0 fully saturated rings. The lowest BCUT2D eigenvalue weighted by molar-refractivity contribution is 0.415. The van der Waals surface area contributed by atoms with Crippen LogP contribution in [0.3, 0.4) is 0 Å². The van der Waals surface area contributed by atoms with Crippen LogP contribution in [0.5, 0.6) is 5.75 Å². The number of nitrogens with one attached hydrogen (secondary N) is 1. The number of hydrogen-bond acceptors (Lipinski definition) is 4. The zero-order valence-corrected chi connectivity index (χ0v) is 17.2. The van der Waals surface area contributed by atoms with E-state index < -0.39 is 10.0 Å². The Morgan fingerprint density at radius 1 is 0.964 bits per heavy atom. The van der Waals surface area contributed by atoms with Crippen LogP contribution in [0.2, 0.25) is 0 Å². The van der Waals surface area contributed by atoms with Gasteiger partial charge in [0.05, 0.1) is 18.2 Å². The molecule has 3 aromatic carbocycles. The molecule has 0 radical (unpaired) electrons. The van der Waals surface area contributed by atoms with Crippen molar-refractivity contribution in [2.24, 2.45) is 5.10 Å². The van der Waals surface area contributed by atoms with E-state index in [1.165, 1.54) is 6.21 Å².